The van der Waals surface area contributed by atoms with Crippen molar-refractivity contribution in [2.45, 2.75) is 90.8 Å². The van der Waals surface area contributed by atoms with Gasteiger partial charge in [-0.1, -0.05) is 85.5 Å². The molecular formula is C58H60BrN3O9S. The summed E-state index contributed by atoms with van der Waals surface area (Å²) in [5.41, 5.74) is 5.27. The summed E-state index contributed by atoms with van der Waals surface area (Å²) in [5.74, 6) is 2.40. The van der Waals surface area contributed by atoms with E-state index in [9.17, 15) is 9.59 Å². The number of epoxide rings is 1. The number of fused-ring (bicyclic) bond motifs is 2. The van der Waals surface area contributed by atoms with E-state index in [4.69, 9.17) is 43.2 Å². The van der Waals surface area contributed by atoms with E-state index in [0.29, 0.717) is 68.9 Å². The molecule has 0 aliphatic carbocycles. The molecule has 72 heavy (non-hydrogen) atoms. The van der Waals surface area contributed by atoms with Gasteiger partial charge >= 0.3 is 5.97 Å². The lowest BCUT2D eigenvalue weighted by molar-refractivity contribution is -0.137. The number of ether oxygens (including phenoxy) is 7. The molecule has 1 atom stereocenters. The maximum atomic E-state index is 13.6. The van der Waals surface area contributed by atoms with Gasteiger partial charge in [0, 0.05) is 24.5 Å². The first-order valence-electron chi connectivity index (χ1n) is 24.4. The van der Waals surface area contributed by atoms with Crippen LogP contribution in [0.15, 0.2) is 144 Å². The number of unbranched alkanes of at least 4 members (excludes halogenated alkanes) is 3. The van der Waals surface area contributed by atoms with Gasteiger partial charge in [-0.2, -0.15) is 10.1 Å². The summed E-state index contributed by atoms with van der Waals surface area (Å²) in [6.45, 7) is 12.3. The maximum absolute atomic E-state index is 13.6. The number of amides is 1. The highest BCUT2D eigenvalue weighted by Crippen LogP contribution is 2.38. The number of hydrogen-bond donors (Lipinski definition) is 0. The fourth-order valence-corrected chi connectivity index (χ4v) is 9.26. The fourth-order valence-electron chi connectivity index (χ4n) is 7.72. The molecule has 2 heterocycles. The summed E-state index contributed by atoms with van der Waals surface area (Å²) >= 11 is 5.26. The van der Waals surface area contributed by atoms with Crippen molar-refractivity contribution < 1.29 is 42.7 Å². The van der Waals surface area contributed by atoms with Gasteiger partial charge in [0.25, 0.3) is 0 Å². The molecule has 0 saturated carbocycles. The van der Waals surface area contributed by atoms with Crippen molar-refractivity contribution in [1.82, 2.24) is 4.98 Å². The quantitative estimate of drug-likeness (QED) is 0.0122. The molecule has 1 fully saturated rings. The van der Waals surface area contributed by atoms with Gasteiger partial charge in [0.15, 0.2) is 6.29 Å². The maximum Gasteiger partial charge on any atom is 0.330 e. The monoisotopic (exact) mass is 1050 g/mol. The molecule has 12 nitrogen and oxygen atoms in total. The van der Waals surface area contributed by atoms with Crippen LogP contribution in [0.5, 0.6) is 23.0 Å². The largest absolute Gasteiger partial charge is 0.494 e. The first-order valence-corrected chi connectivity index (χ1v) is 26.0. The molecule has 0 N–H and O–H groups in total. The standard InChI is InChI=1S/C58H60BrN3O9S/c1-5-14-53(63)62(57-61-49-15-9-10-16-52(49)72-57)60-37-45-36-43(22-29-50(45)69-38-40-17-24-46(25-18-40)65-31-11-7-8-12-32-67-54(64)6-2)42-21-28-48-44(35-42)23-30-51(55(48)59)70-39-41-19-26-47(27-20-41)66-33-13-34-68-56-58(3,4)71-56/h6,9-10,15-30,35-37,56H,2,5,7-8,11-14,31-34,38-39H2,1,3-4H3/b60-37+. The second kappa shape index (κ2) is 25.2. The van der Waals surface area contributed by atoms with E-state index in [2.05, 4.69) is 46.8 Å². The average molecular weight is 1060 g/mol. The number of hydrazone groups is 1. The molecule has 14 heteroatoms. The Morgan fingerprint density at radius 3 is 2.08 bits per heavy atom. The molecule has 1 aliphatic heterocycles. The predicted molar refractivity (Wildman–Crippen MR) is 288 cm³/mol. The number of anilines is 1. The van der Waals surface area contributed by atoms with Crippen LogP contribution in [-0.4, -0.2) is 61.4 Å². The van der Waals surface area contributed by atoms with Crippen LogP contribution in [0.2, 0.25) is 0 Å². The van der Waals surface area contributed by atoms with Crippen molar-refractivity contribution in [2.75, 3.05) is 31.4 Å². The number of carbonyl (C=O) groups is 2. The molecular weight excluding hydrogens is 995 g/mol. The number of hydrogen-bond acceptors (Lipinski definition) is 12. The number of para-hydroxylation sites is 1. The third kappa shape index (κ3) is 14.3. The molecule has 1 aliphatic rings. The van der Waals surface area contributed by atoms with Gasteiger partial charge in [-0.25, -0.2) is 9.78 Å². The second-order valence-electron chi connectivity index (χ2n) is 17.9. The van der Waals surface area contributed by atoms with Crippen LogP contribution in [0, 0.1) is 0 Å². The normalized spacial score (nSPS) is 13.8. The molecule has 1 aromatic heterocycles. The molecule has 374 valence electrons. The number of nitrogens with zero attached hydrogens (tertiary/aromatic N) is 3. The Balaban J connectivity index is 0.936. The Labute approximate surface area is 433 Å². The van der Waals surface area contributed by atoms with E-state index < -0.39 is 0 Å². The molecule has 8 rings (SSSR count). The topological polar surface area (TPSA) is 131 Å². The molecule has 1 amide bonds. The van der Waals surface area contributed by atoms with Crippen LogP contribution in [0.3, 0.4) is 0 Å². The van der Waals surface area contributed by atoms with Gasteiger partial charge in [0.1, 0.15) is 41.8 Å². The molecule has 0 spiro atoms. The van der Waals surface area contributed by atoms with Crippen LogP contribution < -0.4 is 24.0 Å². The Bertz CT molecular complexity index is 2940. The van der Waals surface area contributed by atoms with E-state index in [0.717, 1.165) is 97.1 Å². The molecule has 7 aromatic rings. The lowest BCUT2D eigenvalue weighted by Crippen LogP contribution is -2.25. The van der Waals surface area contributed by atoms with Crippen LogP contribution >= 0.6 is 27.3 Å². The van der Waals surface area contributed by atoms with Crippen molar-refractivity contribution in [3.8, 4) is 34.1 Å². The SMILES string of the molecule is C=CC(=O)OCCCCCCOc1ccc(COc2ccc(-c3ccc4c(Br)c(OCc5ccc(OCCCOC6OC6(C)C)cc5)ccc4c3)cc2/C=N/N(C(=O)CCC)c2nc3ccccc3s2)cc1. The molecule has 0 bridgehead atoms. The minimum atomic E-state index is -0.388. The Hall–Kier alpha value is -6.58. The lowest BCUT2D eigenvalue weighted by Gasteiger charge is -2.15. The molecule has 1 saturated heterocycles. The van der Waals surface area contributed by atoms with Crippen molar-refractivity contribution in [3.63, 3.8) is 0 Å². The first kappa shape index (κ1) is 51.8. The van der Waals surface area contributed by atoms with Gasteiger partial charge in [-0.05, 0) is 156 Å². The number of rotatable bonds is 27. The zero-order chi connectivity index (χ0) is 50.3. The van der Waals surface area contributed by atoms with Gasteiger partial charge < -0.3 is 33.2 Å². The Morgan fingerprint density at radius 1 is 0.764 bits per heavy atom. The fraction of sp³-hybridized carbons (Fsp3) is 0.310. The van der Waals surface area contributed by atoms with E-state index in [-0.39, 0.29) is 23.8 Å². The Kier molecular flexibility index (Phi) is 18.1. The Morgan fingerprint density at radius 2 is 1.40 bits per heavy atom. The van der Waals surface area contributed by atoms with E-state index >= 15 is 0 Å². The number of benzene rings is 6. The number of aromatic nitrogens is 1. The van der Waals surface area contributed by atoms with Gasteiger partial charge in [-0.15, -0.1) is 0 Å². The van der Waals surface area contributed by atoms with Crippen LogP contribution in [-0.2, 0) is 37.0 Å². The van der Waals surface area contributed by atoms with Gasteiger partial charge in [0.2, 0.25) is 11.0 Å². The number of halogens is 1. The first-order chi connectivity index (χ1) is 35.1. The summed E-state index contributed by atoms with van der Waals surface area (Å²) in [7, 11) is 0. The average Bonchev–Trinajstić information content (AvgIpc) is 3.78. The highest BCUT2D eigenvalue weighted by molar-refractivity contribution is 9.10. The highest BCUT2D eigenvalue weighted by atomic mass is 79.9. The van der Waals surface area contributed by atoms with E-state index in [1.54, 1.807) is 6.21 Å². The number of carbonyl (C=O) groups excluding carboxylic acids is 2. The number of esters is 1. The highest BCUT2D eigenvalue weighted by Gasteiger charge is 2.49. The van der Waals surface area contributed by atoms with Crippen molar-refractivity contribution >= 4 is 71.5 Å². The minimum Gasteiger partial charge on any atom is -0.494 e. The summed E-state index contributed by atoms with van der Waals surface area (Å²) in [5, 5.41) is 8.77. The van der Waals surface area contributed by atoms with Crippen LogP contribution in [0.4, 0.5) is 5.13 Å². The number of thiazole rings is 1. The summed E-state index contributed by atoms with van der Waals surface area (Å²) in [6.07, 6.45) is 8.16. The van der Waals surface area contributed by atoms with E-state index in [1.165, 1.54) is 22.4 Å². The molecule has 1 unspecified atom stereocenters. The zero-order valence-electron chi connectivity index (χ0n) is 41.0. The summed E-state index contributed by atoms with van der Waals surface area (Å²) in [6, 6.07) is 40.1. The third-order valence-electron chi connectivity index (χ3n) is 11.8. The molecule has 0 radical (unpaired) electrons. The van der Waals surface area contributed by atoms with Gasteiger partial charge in [0.05, 0.1) is 47.3 Å². The summed E-state index contributed by atoms with van der Waals surface area (Å²) < 4.78 is 42.8. The lowest BCUT2D eigenvalue weighted by atomic mass is 9.99. The zero-order valence-corrected chi connectivity index (χ0v) is 43.4. The van der Waals surface area contributed by atoms with Gasteiger partial charge in [-0.3, -0.25) is 4.79 Å². The third-order valence-corrected chi connectivity index (χ3v) is 13.7. The van der Waals surface area contributed by atoms with Crippen molar-refractivity contribution in [1.29, 1.82) is 0 Å². The van der Waals surface area contributed by atoms with Crippen LogP contribution in [0.1, 0.15) is 82.4 Å². The predicted octanol–water partition coefficient (Wildman–Crippen LogP) is 13.8. The van der Waals surface area contributed by atoms with Crippen molar-refractivity contribution in [3.05, 3.63) is 155 Å². The summed E-state index contributed by atoms with van der Waals surface area (Å²) in [4.78, 5) is 29.6. The van der Waals surface area contributed by atoms with Crippen molar-refractivity contribution in [2.24, 2.45) is 5.10 Å². The van der Waals surface area contributed by atoms with Crippen LogP contribution in [0.25, 0.3) is 32.1 Å². The minimum absolute atomic E-state index is 0.115. The smallest absolute Gasteiger partial charge is 0.330 e. The second-order valence-corrected chi connectivity index (χ2v) is 19.7. The van der Waals surface area contributed by atoms with E-state index in [1.807, 2.05) is 118 Å². The molecule has 6 aromatic carbocycles.